The molecule has 20 heavy (non-hydrogen) atoms. The number of nitrogens with zero attached hydrogens (tertiary/aromatic N) is 1. The van der Waals surface area contributed by atoms with Crippen LogP contribution >= 0.6 is 11.6 Å². The number of likely N-dealkylation sites (N-methyl/N-ethyl adjacent to an activating group) is 1. The van der Waals surface area contributed by atoms with Crippen LogP contribution in [-0.2, 0) is 11.2 Å². The predicted octanol–water partition coefficient (Wildman–Crippen LogP) is 4.56. The molecule has 0 N–H and O–H groups in total. The minimum atomic E-state index is 0.00975. The maximum absolute atomic E-state index is 11.7. The molecule has 0 saturated carbocycles. The lowest BCUT2D eigenvalue weighted by molar-refractivity contribution is -0.117. The number of carbonyl (C=O) groups is 1. The second-order valence-electron chi connectivity index (χ2n) is 6.99. The highest BCUT2D eigenvalue weighted by molar-refractivity contribution is 6.20. The average molecular weight is 294 g/mol. The Hall–Kier alpha value is -1.02. The normalized spacial score (nSPS) is 18.1. The molecule has 2 nitrogen and oxygen atoms in total. The summed E-state index contributed by atoms with van der Waals surface area (Å²) in [5.41, 5.74) is 3.51. The van der Waals surface area contributed by atoms with Crippen molar-refractivity contribution in [2.75, 3.05) is 11.9 Å². The number of halogens is 1. The van der Waals surface area contributed by atoms with Crippen LogP contribution in [0.4, 0.5) is 5.69 Å². The number of hydrogen-bond acceptors (Lipinski definition) is 1. The van der Waals surface area contributed by atoms with E-state index < -0.39 is 0 Å². The standard InChI is InChI=1S/C17H24ClNO/c1-11(17(2,3)4)8-14(18)12-6-7-15-13(9-12)10-16(20)19(15)5/h6-7,9,11,14H,8,10H2,1-5H3. The largest absolute Gasteiger partial charge is 0.315 e. The molecule has 1 aliphatic heterocycles. The third kappa shape index (κ3) is 3.01. The smallest absolute Gasteiger partial charge is 0.231 e. The van der Waals surface area contributed by atoms with Crippen molar-refractivity contribution in [1.82, 2.24) is 0 Å². The van der Waals surface area contributed by atoms with E-state index >= 15 is 0 Å². The van der Waals surface area contributed by atoms with E-state index in [0.29, 0.717) is 12.3 Å². The van der Waals surface area contributed by atoms with Crippen LogP contribution in [0.3, 0.4) is 0 Å². The van der Waals surface area contributed by atoms with E-state index in [4.69, 9.17) is 11.6 Å². The number of alkyl halides is 1. The van der Waals surface area contributed by atoms with Gasteiger partial charge in [0.1, 0.15) is 0 Å². The van der Waals surface area contributed by atoms with E-state index in [0.717, 1.165) is 23.2 Å². The zero-order valence-corrected chi connectivity index (χ0v) is 13.8. The molecule has 2 rings (SSSR count). The zero-order chi connectivity index (χ0) is 15.1. The van der Waals surface area contributed by atoms with Crippen molar-refractivity contribution in [3.05, 3.63) is 29.3 Å². The van der Waals surface area contributed by atoms with Gasteiger partial charge in [-0.25, -0.2) is 0 Å². The number of hydrogen-bond donors (Lipinski definition) is 0. The number of amides is 1. The van der Waals surface area contributed by atoms with Crippen LogP contribution in [-0.4, -0.2) is 13.0 Å². The number of fused-ring (bicyclic) bond motifs is 1. The lowest BCUT2D eigenvalue weighted by atomic mass is 9.79. The molecule has 1 heterocycles. The number of carbonyl (C=O) groups excluding carboxylic acids is 1. The second kappa shape index (κ2) is 5.40. The molecular formula is C17H24ClNO. The molecular weight excluding hydrogens is 270 g/mol. The van der Waals surface area contributed by atoms with Gasteiger partial charge < -0.3 is 4.90 Å². The van der Waals surface area contributed by atoms with Gasteiger partial charge in [-0.15, -0.1) is 11.6 Å². The monoisotopic (exact) mass is 293 g/mol. The molecule has 0 radical (unpaired) electrons. The Balaban J connectivity index is 2.15. The fourth-order valence-electron chi connectivity index (χ4n) is 2.48. The average Bonchev–Trinajstić information content (AvgIpc) is 2.63. The Bertz CT molecular complexity index is 518. The summed E-state index contributed by atoms with van der Waals surface area (Å²) >= 11 is 6.58. The Morgan fingerprint density at radius 2 is 2.00 bits per heavy atom. The fourth-order valence-corrected chi connectivity index (χ4v) is 2.89. The van der Waals surface area contributed by atoms with Crippen LogP contribution in [0.25, 0.3) is 0 Å². The van der Waals surface area contributed by atoms with Crippen molar-refractivity contribution in [1.29, 1.82) is 0 Å². The Labute approximate surface area is 127 Å². The summed E-state index contributed by atoms with van der Waals surface area (Å²) in [6, 6.07) is 6.18. The van der Waals surface area contributed by atoms with Gasteiger partial charge in [-0.2, -0.15) is 0 Å². The molecule has 110 valence electrons. The highest BCUT2D eigenvalue weighted by Crippen LogP contribution is 2.38. The molecule has 2 unspecified atom stereocenters. The first kappa shape index (κ1) is 15.4. The first-order valence-corrected chi connectivity index (χ1v) is 7.67. The maximum atomic E-state index is 11.7. The van der Waals surface area contributed by atoms with Crippen LogP contribution < -0.4 is 4.90 Å². The van der Waals surface area contributed by atoms with Gasteiger partial charge in [-0.1, -0.05) is 39.8 Å². The molecule has 0 aromatic heterocycles. The highest BCUT2D eigenvalue weighted by Gasteiger charge is 2.27. The molecule has 0 aliphatic carbocycles. The van der Waals surface area contributed by atoms with E-state index in [2.05, 4.69) is 39.8 Å². The topological polar surface area (TPSA) is 20.3 Å². The van der Waals surface area contributed by atoms with Crippen molar-refractivity contribution in [2.24, 2.45) is 11.3 Å². The van der Waals surface area contributed by atoms with Crippen molar-refractivity contribution in [2.45, 2.75) is 45.9 Å². The van der Waals surface area contributed by atoms with Crippen LogP contribution in [0.5, 0.6) is 0 Å². The number of benzene rings is 1. The summed E-state index contributed by atoms with van der Waals surface area (Å²) < 4.78 is 0. The fraction of sp³-hybridized carbons (Fsp3) is 0.588. The summed E-state index contributed by atoms with van der Waals surface area (Å²) in [4.78, 5) is 13.4. The van der Waals surface area contributed by atoms with E-state index in [-0.39, 0.29) is 16.7 Å². The lowest BCUT2D eigenvalue weighted by Gasteiger charge is -2.29. The second-order valence-corrected chi connectivity index (χ2v) is 7.51. The quantitative estimate of drug-likeness (QED) is 0.748. The summed E-state index contributed by atoms with van der Waals surface area (Å²) in [6.07, 6.45) is 1.45. The van der Waals surface area contributed by atoms with E-state index in [1.54, 1.807) is 4.90 Å². The van der Waals surface area contributed by atoms with Crippen molar-refractivity contribution >= 4 is 23.2 Å². The first-order chi connectivity index (χ1) is 9.20. The molecule has 1 aliphatic rings. The van der Waals surface area contributed by atoms with Crippen molar-refractivity contribution < 1.29 is 4.79 Å². The van der Waals surface area contributed by atoms with Crippen LogP contribution in [0, 0.1) is 11.3 Å². The van der Waals surface area contributed by atoms with Crippen molar-refractivity contribution in [3.8, 4) is 0 Å². The third-order valence-electron chi connectivity index (χ3n) is 4.58. The Morgan fingerprint density at radius 1 is 1.35 bits per heavy atom. The Morgan fingerprint density at radius 3 is 2.60 bits per heavy atom. The van der Waals surface area contributed by atoms with E-state index in [1.807, 2.05) is 13.1 Å². The van der Waals surface area contributed by atoms with Gasteiger partial charge in [-0.05, 0) is 34.9 Å². The van der Waals surface area contributed by atoms with Gasteiger partial charge in [0.25, 0.3) is 0 Å². The molecule has 0 bridgehead atoms. The third-order valence-corrected chi connectivity index (χ3v) is 5.01. The zero-order valence-electron chi connectivity index (χ0n) is 13.0. The molecule has 0 spiro atoms. The van der Waals surface area contributed by atoms with Crippen molar-refractivity contribution in [3.63, 3.8) is 0 Å². The van der Waals surface area contributed by atoms with Gasteiger partial charge in [0, 0.05) is 12.7 Å². The Kier molecular flexibility index (Phi) is 4.15. The van der Waals surface area contributed by atoms with E-state index in [1.165, 1.54) is 0 Å². The molecule has 0 saturated heterocycles. The molecule has 1 amide bonds. The highest BCUT2D eigenvalue weighted by atomic mass is 35.5. The van der Waals surface area contributed by atoms with Crippen LogP contribution in [0.15, 0.2) is 18.2 Å². The van der Waals surface area contributed by atoms with Gasteiger partial charge in [0.05, 0.1) is 11.8 Å². The summed E-state index contributed by atoms with van der Waals surface area (Å²) in [5, 5.41) is 0.00975. The summed E-state index contributed by atoms with van der Waals surface area (Å²) in [7, 11) is 1.83. The molecule has 0 fully saturated rings. The predicted molar refractivity (Wildman–Crippen MR) is 85.4 cm³/mol. The van der Waals surface area contributed by atoms with Gasteiger partial charge in [0.15, 0.2) is 0 Å². The number of anilines is 1. The minimum Gasteiger partial charge on any atom is -0.315 e. The first-order valence-electron chi connectivity index (χ1n) is 7.23. The lowest BCUT2D eigenvalue weighted by Crippen LogP contribution is -2.20. The summed E-state index contributed by atoms with van der Waals surface area (Å²) in [6.45, 7) is 8.99. The number of rotatable bonds is 3. The summed E-state index contributed by atoms with van der Waals surface area (Å²) in [5.74, 6) is 0.703. The van der Waals surface area contributed by atoms with Gasteiger partial charge >= 0.3 is 0 Å². The molecule has 2 atom stereocenters. The molecule has 1 aromatic carbocycles. The van der Waals surface area contributed by atoms with Gasteiger partial charge in [-0.3, -0.25) is 4.79 Å². The maximum Gasteiger partial charge on any atom is 0.231 e. The van der Waals surface area contributed by atoms with Crippen LogP contribution in [0.1, 0.15) is 50.6 Å². The SMILES string of the molecule is CC(CC(Cl)c1ccc2c(c1)CC(=O)N2C)C(C)(C)C. The van der Waals surface area contributed by atoms with E-state index in [9.17, 15) is 4.79 Å². The molecule has 3 heteroatoms. The van der Waals surface area contributed by atoms with Gasteiger partial charge in [0.2, 0.25) is 5.91 Å². The van der Waals surface area contributed by atoms with Crippen LogP contribution in [0.2, 0.25) is 0 Å². The molecule has 1 aromatic rings. The minimum absolute atomic E-state index is 0.00975.